The van der Waals surface area contributed by atoms with Gasteiger partial charge in [-0.1, -0.05) is 6.07 Å². The first-order valence-corrected chi connectivity index (χ1v) is 7.67. The van der Waals surface area contributed by atoms with Gasteiger partial charge < -0.3 is 10.6 Å². The molecule has 4 nitrogen and oxygen atoms in total. The maximum atomic E-state index is 11.5. The molecular weight excluding hydrogens is 280 g/mol. The van der Waals surface area contributed by atoms with Crippen LogP contribution in [0.1, 0.15) is 10.4 Å². The van der Waals surface area contributed by atoms with Gasteiger partial charge in [-0.3, -0.25) is 9.59 Å². The van der Waals surface area contributed by atoms with Gasteiger partial charge in [-0.05, 0) is 40.3 Å². The lowest BCUT2D eigenvalue weighted by molar-refractivity contribution is -0.139. The number of nitrogens with one attached hydrogen (secondary N) is 2. The summed E-state index contributed by atoms with van der Waals surface area (Å²) in [6, 6.07) is 5.83. The Labute approximate surface area is 119 Å². The molecule has 2 aromatic heterocycles. The maximum absolute atomic E-state index is 11.5. The van der Waals surface area contributed by atoms with Crippen LogP contribution < -0.4 is 10.6 Å². The summed E-state index contributed by atoms with van der Waals surface area (Å²) in [4.78, 5) is 24.1. The smallest absolute Gasteiger partial charge is 0.309 e. The van der Waals surface area contributed by atoms with E-state index >= 15 is 0 Å². The van der Waals surface area contributed by atoms with E-state index in [0.717, 1.165) is 11.3 Å². The van der Waals surface area contributed by atoms with Crippen molar-refractivity contribution in [1.29, 1.82) is 0 Å². The van der Waals surface area contributed by atoms with E-state index in [0.29, 0.717) is 13.1 Å². The second-order valence-electron chi connectivity index (χ2n) is 3.90. The Bertz CT molecular complexity index is 521. The van der Waals surface area contributed by atoms with Crippen LogP contribution in [0.15, 0.2) is 34.3 Å². The largest absolute Gasteiger partial charge is 0.348 e. The number of carbonyl (C=O) groups is 2. The van der Waals surface area contributed by atoms with Crippen LogP contribution in [-0.2, 0) is 22.6 Å². The Hall–Kier alpha value is -1.66. The molecule has 0 spiro atoms. The number of thiophene rings is 2. The topological polar surface area (TPSA) is 58.2 Å². The number of rotatable bonds is 5. The molecular formula is C13H14N2O2S2. The minimum Gasteiger partial charge on any atom is -0.348 e. The van der Waals surface area contributed by atoms with Crippen LogP contribution in [-0.4, -0.2) is 18.4 Å². The summed E-state index contributed by atoms with van der Waals surface area (Å²) in [6.45, 7) is 0.871. The first-order valence-electron chi connectivity index (χ1n) is 5.85. The fourth-order valence-electron chi connectivity index (χ4n) is 1.50. The predicted molar refractivity (Wildman–Crippen MR) is 77.2 cm³/mol. The van der Waals surface area contributed by atoms with Crippen LogP contribution in [0.5, 0.6) is 0 Å². The maximum Gasteiger partial charge on any atom is 0.309 e. The summed E-state index contributed by atoms with van der Waals surface area (Å²) in [6.07, 6.45) is 0.743. The molecule has 2 aromatic rings. The third-order valence-electron chi connectivity index (χ3n) is 2.49. The third-order valence-corrected chi connectivity index (χ3v) is 4.10. The van der Waals surface area contributed by atoms with E-state index in [2.05, 4.69) is 10.6 Å². The SMILES string of the molecule is O=C(NCCc1ccsc1)C(=O)NCc1cccs1. The Balaban J connectivity index is 1.66. The van der Waals surface area contributed by atoms with Gasteiger partial charge >= 0.3 is 11.8 Å². The zero-order valence-electron chi connectivity index (χ0n) is 10.2. The summed E-state index contributed by atoms with van der Waals surface area (Å²) in [5.74, 6) is -1.16. The summed E-state index contributed by atoms with van der Waals surface area (Å²) >= 11 is 3.17. The molecule has 100 valence electrons. The molecule has 0 aliphatic rings. The first-order chi connectivity index (χ1) is 9.25. The van der Waals surface area contributed by atoms with Crippen molar-refractivity contribution in [2.24, 2.45) is 0 Å². The molecule has 0 unspecified atom stereocenters. The van der Waals surface area contributed by atoms with Gasteiger partial charge in [0.05, 0.1) is 6.54 Å². The zero-order chi connectivity index (χ0) is 13.5. The summed E-state index contributed by atoms with van der Waals surface area (Å²) in [5.41, 5.74) is 1.17. The van der Waals surface area contributed by atoms with Crippen LogP contribution in [0, 0.1) is 0 Å². The van der Waals surface area contributed by atoms with Crippen molar-refractivity contribution < 1.29 is 9.59 Å². The molecule has 0 fully saturated rings. The standard InChI is InChI=1S/C13H14N2O2S2/c16-12(14-5-3-10-4-7-18-9-10)13(17)15-8-11-2-1-6-19-11/h1-2,4,6-7,9H,3,5,8H2,(H,14,16)(H,15,17). The van der Waals surface area contributed by atoms with Crippen molar-refractivity contribution in [2.75, 3.05) is 6.54 Å². The number of hydrogen-bond donors (Lipinski definition) is 2. The lowest BCUT2D eigenvalue weighted by Gasteiger charge is -2.05. The van der Waals surface area contributed by atoms with Crippen LogP contribution in [0.4, 0.5) is 0 Å². The van der Waals surface area contributed by atoms with Gasteiger partial charge in [0.25, 0.3) is 0 Å². The Morgan fingerprint density at radius 2 is 1.95 bits per heavy atom. The molecule has 0 saturated heterocycles. The molecule has 0 bridgehead atoms. The quantitative estimate of drug-likeness (QED) is 0.826. The Kier molecular flexibility index (Phi) is 5.11. The lowest BCUT2D eigenvalue weighted by Crippen LogP contribution is -2.40. The van der Waals surface area contributed by atoms with Crippen molar-refractivity contribution in [1.82, 2.24) is 10.6 Å². The molecule has 0 saturated carbocycles. The number of carbonyl (C=O) groups excluding carboxylic acids is 2. The molecule has 0 aliphatic carbocycles. The van der Waals surface area contributed by atoms with Crippen molar-refractivity contribution in [2.45, 2.75) is 13.0 Å². The molecule has 0 aliphatic heterocycles. The van der Waals surface area contributed by atoms with Gasteiger partial charge in [0.15, 0.2) is 0 Å². The van der Waals surface area contributed by atoms with Crippen LogP contribution in [0.25, 0.3) is 0 Å². The fraction of sp³-hybridized carbons (Fsp3) is 0.231. The Morgan fingerprint density at radius 1 is 1.11 bits per heavy atom. The minimum absolute atomic E-state index is 0.397. The third kappa shape index (κ3) is 4.50. The van der Waals surface area contributed by atoms with Crippen LogP contribution in [0.2, 0.25) is 0 Å². The molecule has 0 atom stereocenters. The van der Waals surface area contributed by atoms with E-state index in [-0.39, 0.29) is 0 Å². The van der Waals surface area contributed by atoms with E-state index < -0.39 is 11.8 Å². The zero-order valence-corrected chi connectivity index (χ0v) is 11.9. The highest BCUT2D eigenvalue weighted by Crippen LogP contribution is 2.07. The highest BCUT2D eigenvalue weighted by Gasteiger charge is 2.12. The van der Waals surface area contributed by atoms with Gasteiger partial charge in [-0.25, -0.2) is 0 Å². The van der Waals surface area contributed by atoms with Crippen molar-refractivity contribution in [3.8, 4) is 0 Å². The number of hydrogen-bond acceptors (Lipinski definition) is 4. The summed E-state index contributed by atoms with van der Waals surface area (Å²) < 4.78 is 0. The molecule has 2 N–H and O–H groups in total. The fourth-order valence-corrected chi connectivity index (χ4v) is 2.84. The van der Waals surface area contributed by atoms with E-state index in [1.165, 1.54) is 5.56 Å². The molecule has 19 heavy (non-hydrogen) atoms. The molecule has 0 aromatic carbocycles. The van der Waals surface area contributed by atoms with Crippen molar-refractivity contribution in [3.05, 3.63) is 44.8 Å². The van der Waals surface area contributed by atoms with E-state index in [1.807, 2.05) is 34.3 Å². The minimum atomic E-state index is -0.585. The highest BCUT2D eigenvalue weighted by atomic mass is 32.1. The lowest BCUT2D eigenvalue weighted by atomic mass is 10.2. The normalized spacial score (nSPS) is 10.1. The Morgan fingerprint density at radius 3 is 2.63 bits per heavy atom. The van der Waals surface area contributed by atoms with Gasteiger partial charge in [0.2, 0.25) is 0 Å². The van der Waals surface area contributed by atoms with Crippen molar-refractivity contribution in [3.63, 3.8) is 0 Å². The van der Waals surface area contributed by atoms with Crippen LogP contribution in [0.3, 0.4) is 0 Å². The average molecular weight is 294 g/mol. The van der Waals surface area contributed by atoms with Crippen molar-refractivity contribution >= 4 is 34.5 Å². The summed E-state index contributed by atoms with van der Waals surface area (Å²) in [7, 11) is 0. The van der Waals surface area contributed by atoms with E-state index in [9.17, 15) is 9.59 Å². The molecule has 0 radical (unpaired) electrons. The van der Waals surface area contributed by atoms with Crippen LogP contribution >= 0.6 is 22.7 Å². The van der Waals surface area contributed by atoms with Gasteiger partial charge in [-0.15, -0.1) is 11.3 Å². The highest BCUT2D eigenvalue weighted by molar-refractivity contribution is 7.09. The van der Waals surface area contributed by atoms with Gasteiger partial charge in [0, 0.05) is 11.4 Å². The van der Waals surface area contributed by atoms with E-state index in [1.54, 1.807) is 22.7 Å². The molecule has 2 amide bonds. The predicted octanol–water partition coefficient (Wildman–Crippen LogP) is 1.78. The van der Waals surface area contributed by atoms with E-state index in [4.69, 9.17) is 0 Å². The second kappa shape index (κ2) is 7.06. The van der Waals surface area contributed by atoms with Gasteiger partial charge in [-0.2, -0.15) is 11.3 Å². The first kappa shape index (κ1) is 13.8. The number of amides is 2. The van der Waals surface area contributed by atoms with Gasteiger partial charge in [0.1, 0.15) is 0 Å². The average Bonchev–Trinajstić information content (AvgIpc) is 3.08. The second-order valence-corrected chi connectivity index (χ2v) is 5.71. The monoisotopic (exact) mass is 294 g/mol. The molecule has 2 rings (SSSR count). The molecule has 6 heteroatoms. The summed E-state index contributed by atoms with van der Waals surface area (Å²) in [5, 5.41) is 11.2. The molecule has 2 heterocycles.